The minimum atomic E-state index is -0.114. The van der Waals surface area contributed by atoms with Crippen molar-refractivity contribution in [2.75, 3.05) is 34.3 Å². The lowest BCUT2D eigenvalue weighted by molar-refractivity contribution is -0.0116. The first-order chi connectivity index (χ1) is 14.0. The van der Waals surface area contributed by atoms with E-state index in [1.165, 1.54) is 24.9 Å². The Labute approximate surface area is 174 Å². The van der Waals surface area contributed by atoms with E-state index in [9.17, 15) is 0 Å². The molecule has 1 aliphatic carbocycles. The van der Waals surface area contributed by atoms with Crippen molar-refractivity contribution in [2.24, 2.45) is 5.92 Å². The molecule has 2 heterocycles. The maximum Gasteiger partial charge on any atom is 0.124 e. The zero-order valence-electron chi connectivity index (χ0n) is 17.9. The number of rotatable bonds is 5. The summed E-state index contributed by atoms with van der Waals surface area (Å²) in [5.74, 6) is 2.67. The van der Waals surface area contributed by atoms with Gasteiger partial charge >= 0.3 is 0 Å². The number of benzene rings is 1. The van der Waals surface area contributed by atoms with E-state index in [0.717, 1.165) is 55.6 Å². The highest BCUT2D eigenvalue weighted by Crippen LogP contribution is 2.41. The Morgan fingerprint density at radius 2 is 2.03 bits per heavy atom. The summed E-state index contributed by atoms with van der Waals surface area (Å²) in [5, 5.41) is 0. The zero-order chi connectivity index (χ0) is 20.3. The molecule has 0 unspecified atom stereocenters. The van der Waals surface area contributed by atoms with Crippen LogP contribution in [0.1, 0.15) is 36.9 Å². The van der Waals surface area contributed by atoms with Crippen LogP contribution >= 0.6 is 0 Å². The van der Waals surface area contributed by atoms with Gasteiger partial charge in [0.05, 0.1) is 12.8 Å². The second-order valence-electron chi connectivity index (χ2n) is 8.93. The normalized spacial score (nSPS) is 24.8. The van der Waals surface area contributed by atoms with Crippen LogP contribution in [-0.2, 0) is 13.1 Å². The summed E-state index contributed by atoms with van der Waals surface area (Å²) in [4.78, 5) is 9.37. The third-order valence-corrected chi connectivity index (χ3v) is 6.25. The number of hydrogen-bond donors (Lipinski definition) is 0. The molecule has 1 aliphatic heterocycles. The number of pyridine rings is 1. The van der Waals surface area contributed by atoms with Gasteiger partial charge in [-0.25, -0.2) is 0 Å². The predicted octanol–water partition coefficient (Wildman–Crippen LogP) is 3.98. The third-order valence-electron chi connectivity index (χ3n) is 6.25. The summed E-state index contributed by atoms with van der Waals surface area (Å²) in [6, 6.07) is 12.4. The van der Waals surface area contributed by atoms with Gasteiger partial charge < -0.3 is 14.4 Å². The first-order valence-corrected chi connectivity index (χ1v) is 10.7. The molecule has 0 N–H and O–H groups in total. The van der Waals surface area contributed by atoms with Crippen LogP contribution in [0.15, 0.2) is 42.6 Å². The molecule has 0 atom stereocenters. The van der Waals surface area contributed by atoms with Crippen molar-refractivity contribution in [2.45, 2.75) is 44.4 Å². The number of nitrogens with zero attached hydrogens (tertiary/aromatic N) is 3. The Hall–Kier alpha value is -2.11. The van der Waals surface area contributed by atoms with Crippen LogP contribution in [-0.4, -0.2) is 54.7 Å². The second kappa shape index (κ2) is 8.72. The van der Waals surface area contributed by atoms with Crippen LogP contribution in [0.3, 0.4) is 0 Å². The van der Waals surface area contributed by atoms with Crippen LogP contribution in [0.4, 0.5) is 0 Å². The SMILES string of the molecule is COc1ccc2c(c1)CN(Cc1ccccn1)CC1(CCC(CN(C)C)CC1)O2. The maximum atomic E-state index is 6.77. The average molecular weight is 396 g/mol. The Bertz CT molecular complexity index is 801. The molecule has 2 aliphatic rings. The van der Waals surface area contributed by atoms with Gasteiger partial charge in [0.25, 0.3) is 0 Å². The number of aromatic nitrogens is 1. The second-order valence-corrected chi connectivity index (χ2v) is 8.93. The summed E-state index contributed by atoms with van der Waals surface area (Å²) in [5.41, 5.74) is 2.19. The van der Waals surface area contributed by atoms with Crippen molar-refractivity contribution in [3.05, 3.63) is 53.9 Å². The van der Waals surface area contributed by atoms with Gasteiger partial charge in [-0.3, -0.25) is 9.88 Å². The molecule has 2 aromatic rings. The lowest BCUT2D eigenvalue weighted by Gasteiger charge is -2.42. The molecule has 5 nitrogen and oxygen atoms in total. The van der Waals surface area contributed by atoms with Gasteiger partial charge in [0.1, 0.15) is 17.1 Å². The molecule has 1 fully saturated rings. The largest absolute Gasteiger partial charge is 0.497 e. The van der Waals surface area contributed by atoms with E-state index in [2.05, 4.69) is 53.1 Å². The fourth-order valence-corrected chi connectivity index (χ4v) is 4.87. The molecule has 1 aromatic carbocycles. The Morgan fingerprint density at radius 1 is 1.21 bits per heavy atom. The van der Waals surface area contributed by atoms with Crippen molar-refractivity contribution < 1.29 is 9.47 Å². The molecule has 1 aromatic heterocycles. The quantitative estimate of drug-likeness (QED) is 0.766. The van der Waals surface area contributed by atoms with Crippen LogP contribution in [0, 0.1) is 5.92 Å². The topological polar surface area (TPSA) is 37.8 Å². The summed E-state index contributed by atoms with van der Waals surface area (Å²) < 4.78 is 12.2. The summed E-state index contributed by atoms with van der Waals surface area (Å²) in [6.45, 7) is 3.80. The van der Waals surface area contributed by atoms with Gasteiger partial charge in [0.2, 0.25) is 0 Å². The molecule has 0 bridgehead atoms. The Morgan fingerprint density at radius 3 is 2.72 bits per heavy atom. The van der Waals surface area contributed by atoms with Crippen molar-refractivity contribution in [3.63, 3.8) is 0 Å². The molecule has 0 radical (unpaired) electrons. The van der Waals surface area contributed by atoms with E-state index in [0.29, 0.717) is 0 Å². The first kappa shape index (κ1) is 20.2. The van der Waals surface area contributed by atoms with Crippen molar-refractivity contribution in [1.29, 1.82) is 0 Å². The van der Waals surface area contributed by atoms with E-state index in [1.54, 1.807) is 7.11 Å². The van der Waals surface area contributed by atoms with Gasteiger partial charge in [-0.2, -0.15) is 0 Å². The highest BCUT2D eigenvalue weighted by molar-refractivity contribution is 5.41. The minimum absolute atomic E-state index is 0.114. The predicted molar refractivity (Wildman–Crippen MR) is 115 cm³/mol. The van der Waals surface area contributed by atoms with Gasteiger partial charge in [-0.15, -0.1) is 0 Å². The van der Waals surface area contributed by atoms with Crippen LogP contribution in [0.5, 0.6) is 11.5 Å². The molecule has 4 rings (SSSR count). The maximum absolute atomic E-state index is 6.77. The molecule has 5 heteroatoms. The smallest absolute Gasteiger partial charge is 0.124 e. The van der Waals surface area contributed by atoms with E-state index in [-0.39, 0.29) is 5.60 Å². The first-order valence-electron chi connectivity index (χ1n) is 10.7. The Balaban J connectivity index is 1.58. The van der Waals surface area contributed by atoms with E-state index < -0.39 is 0 Å². The minimum Gasteiger partial charge on any atom is -0.497 e. The molecule has 156 valence electrons. The van der Waals surface area contributed by atoms with E-state index in [1.807, 2.05) is 18.3 Å². The highest BCUT2D eigenvalue weighted by Gasteiger charge is 2.41. The number of fused-ring (bicyclic) bond motifs is 1. The molecule has 29 heavy (non-hydrogen) atoms. The van der Waals surface area contributed by atoms with Crippen LogP contribution in [0.2, 0.25) is 0 Å². The third kappa shape index (κ3) is 4.90. The molecule has 0 saturated heterocycles. The number of hydrogen-bond acceptors (Lipinski definition) is 5. The highest BCUT2D eigenvalue weighted by atomic mass is 16.5. The standard InChI is InChI=1S/C24H33N3O2/c1-26(2)15-19-9-11-24(12-10-19)18-27(17-21-6-4-5-13-25-21)16-20-14-22(28-3)7-8-23(20)29-24/h4-8,13-14,19H,9-12,15-18H2,1-3H3. The monoisotopic (exact) mass is 395 g/mol. The summed E-state index contributed by atoms with van der Waals surface area (Å²) in [7, 11) is 6.06. The lowest BCUT2D eigenvalue weighted by atomic mass is 9.78. The summed E-state index contributed by atoms with van der Waals surface area (Å²) in [6.07, 6.45) is 6.54. The van der Waals surface area contributed by atoms with Crippen LogP contribution < -0.4 is 9.47 Å². The van der Waals surface area contributed by atoms with Crippen molar-refractivity contribution in [1.82, 2.24) is 14.8 Å². The van der Waals surface area contributed by atoms with Crippen molar-refractivity contribution in [3.8, 4) is 11.5 Å². The van der Waals surface area contributed by atoms with E-state index >= 15 is 0 Å². The molecule has 1 spiro atoms. The fraction of sp³-hybridized carbons (Fsp3) is 0.542. The van der Waals surface area contributed by atoms with Gasteiger partial charge in [0.15, 0.2) is 0 Å². The molecular weight excluding hydrogens is 362 g/mol. The van der Waals surface area contributed by atoms with Crippen LogP contribution in [0.25, 0.3) is 0 Å². The Kier molecular flexibility index (Phi) is 6.07. The average Bonchev–Trinajstić information content (AvgIpc) is 2.86. The molecule has 1 saturated carbocycles. The molecular formula is C24H33N3O2. The van der Waals surface area contributed by atoms with Crippen molar-refractivity contribution >= 4 is 0 Å². The summed E-state index contributed by atoms with van der Waals surface area (Å²) >= 11 is 0. The molecule has 0 amide bonds. The lowest BCUT2D eigenvalue weighted by Crippen LogP contribution is -2.48. The fourth-order valence-electron chi connectivity index (χ4n) is 4.87. The van der Waals surface area contributed by atoms with Gasteiger partial charge in [0, 0.05) is 37.9 Å². The van der Waals surface area contributed by atoms with Gasteiger partial charge in [-0.1, -0.05) is 6.07 Å². The number of ether oxygens (including phenoxy) is 2. The van der Waals surface area contributed by atoms with E-state index in [4.69, 9.17) is 9.47 Å². The van der Waals surface area contributed by atoms with Gasteiger partial charge in [-0.05, 0) is 76.0 Å². The zero-order valence-corrected chi connectivity index (χ0v) is 17.9. The number of methoxy groups -OCH3 is 1.